The summed E-state index contributed by atoms with van der Waals surface area (Å²) < 4.78 is 0. The molecule has 9 heteroatoms. The number of amides is 1. The van der Waals surface area contributed by atoms with Crippen LogP contribution in [0, 0.1) is 0 Å². The Labute approximate surface area is 141 Å². The standard InChI is InChI=1S/C10H15NO5S2.Na/c1-5(13)6(4-12)11-9(14)7-8(10(15)16)18-3-2-17-7;/h5-6,12-13H,2-4H2,1H3,(H,11,14)(H,15,16);/q;+1/p-1/t5-,6+;/m1./s1. The molecule has 0 saturated carbocycles. The number of hydrogen-bond donors (Lipinski definition) is 3. The number of carboxylic acid groups (broad SMARTS) is 1. The monoisotopic (exact) mass is 315 g/mol. The van der Waals surface area contributed by atoms with Gasteiger partial charge in [-0.3, -0.25) is 4.79 Å². The Hall–Kier alpha value is 0.300. The van der Waals surface area contributed by atoms with E-state index in [1.54, 1.807) is 0 Å². The summed E-state index contributed by atoms with van der Waals surface area (Å²) in [4.78, 5) is 22.7. The number of aliphatic hydroxyl groups is 2. The van der Waals surface area contributed by atoms with Crippen LogP contribution in [0.5, 0.6) is 0 Å². The normalized spacial score (nSPS) is 18.3. The molecule has 0 saturated heterocycles. The maximum Gasteiger partial charge on any atom is 1.00 e. The topological polar surface area (TPSA) is 110 Å². The van der Waals surface area contributed by atoms with E-state index in [1.807, 2.05) is 0 Å². The van der Waals surface area contributed by atoms with Gasteiger partial charge < -0.3 is 25.4 Å². The molecule has 1 rings (SSSR count). The van der Waals surface area contributed by atoms with E-state index in [0.29, 0.717) is 11.5 Å². The van der Waals surface area contributed by atoms with Gasteiger partial charge in [-0.05, 0) is 6.92 Å². The summed E-state index contributed by atoms with van der Waals surface area (Å²) in [5.74, 6) is -0.755. The van der Waals surface area contributed by atoms with Gasteiger partial charge in [-0.25, -0.2) is 0 Å². The van der Waals surface area contributed by atoms with Gasteiger partial charge in [0.05, 0.1) is 29.6 Å². The van der Waals surface area contributed by atoms with E-state index in [0.717, 1.165) is 23.5 Å². The van der Waals surface area contributed by atoms with E-state index in [9.17, 15) is 19.8 Å². The molecule has 2 atom stereocenters. The predicted octanol–water partition coefficient (Wildman–Crippen LogP) is -4.71. The van der Waals surface area contributed by atoms with Crippen molar-refractivity contribution in [1.29, 1.82) is 0 Å². The van der Waals surface area contributed by atoms with Crippen molar-refractivity contribution in [3.8, 4) is 0 Å². The fourth-order valence-electron chi connectivity index (χ4n) is 1.29. The van der Waals surface area contributed by atoms with E-state index < -0.39 is 30.6 Å². The first-order valence-electron chi connectivity index (χ1n) is 5.28. The second kappa shape index (κ2) is 9.28. The third kappa shape index (κ3) is 5.66. The van der Waals surface area contributed by atoms with Crippen molar-refractivity contribution in [2.24, 2.45) is 0 Å². The second-order valence-electron chi connectivity index (χ2n) is 3.65. The van der Waals surface area contributed by atoms with Crippen LogP contribution in [0.1, 0.15) is 6.92 Å². The maximum atomic E-state index is 11.9. The number of carbonyl (C=O) groups excluding carboxylic acids is 2. The Balaban J connectivity index is 0.00000324. The number of nitrogens with one attached hydrogen (secondary N) is 1. The van der Waals surface area contributed by atoms with Crippen molar-refractivity contribution in [3.05, 3.63) is 9.81 Å². The molecule has 3 N–H and O–H groups in total. The molecular formula is C10H14NNaO5S2. The second-order valence-corrected chi connectivity index (χ2v) is 5.86. The minimum atomic E-state index is -1.38. The van der Waals surface area contributed by atoms with Crippen LogP contribution in [0.15, 0.2) is 9.81 Å². The number of thioether (sulfide) groups is 2. The first-order valence-corrected chi connectivity index (χ1v) is 7.25. The summed E-state index contributed by atoms with van der Waals surface area (Å²) in [7, 11) is 0. The molecule has 0 aromatic heterocycles. The molecule has 0 radical (unpaired) electrons. The number of aliphatic hydroxyl groups excluding tert-OH is 2. The van der Waals surface area contributed by atoms with Gasteiger partial charge >= 0.3 is 29.6 Å². The zero-order valence-corrected chi connectivity index (χ0v) is 14.3. The molecule has 0 aromatic rings. The fraction of sp³-hybridized carbons (Fsp3) is 0.600. The fourth-order valence-corrected chi connectivity index (χ4v) is 3.47. The largest absolute Gasteiger partial charge is 1.00 e. The van der Waals surface area contributed by atoms with Crippen molar-refractivity contribution in [2.45, 2.75) is 19.1 Å². The number of carbonyl (C=O) groups is 2. The molecule has 0 unspecified atom stereocenters. The van der Waals surface area contributed by atoms with E-state index in [-0.39, 0.29) is 39.4 Å². The van der Waals surface area contributed by atoms with Crippen molar-refractivity contribution < 1.29 is 54.5 Å². The third-order valence-corrected chi connectivity index (χ3v) is 4.81. The van der Waals surface area contributed by atoms with Crippen LogP contribution < -0.4 is 40.0 Å². The summed E-state index contributed by atoms with van der Waals surface area (Å²) in [6, 6.07) is -0.819. The zero-order valence-electron chi connectivity index (χ0n) is 10.7. The van der Waals surface area contributed by atoms with Crippen LogP contribution in [0.3, 0.4) is 0 Å². The molecule has 1 aliphatic rings. The zero-order chi connectivity index (χ0) is 13.7. The van der Waals surface area contributed by atoms with Gasteiger partial charge in [0, 0.05) is 16.4 Å². The van der Waals surface area contributed by atoms with Crippen LogP contribution in [0.4, 0.5) is 0 Å². The summed E-state index contributed by atoms with van der Waals surface area (Å²) in [5.41, 5.74) is 0. The Morgan fingerprint density at radius 2 is 1.89 bits per heavy atom. The van der Waals surface area contributed by atoms with E-state index in [1.165, 1.54) is 6.92 Å². The third-order valence-electron chi connectivity index (χ3n) is 2.27. The van der Waals surface area contributed by atoms with Gasteiger partial charge in [0.2, 0.25) is 0 Å². The van der Waals surface area contributed by atoms with Crippen molar-refractivity contribution in [3.63, 3.8) is 0 Å². The van der Waals surface area contributed by atoms with Crippen LogP contribution in [0.2, 0.25) is 0 Å². The molecule has 0 aromatic carbocycles. The average Bonchev–Trinajstić information content (AvgIpc) is 2.35. The Kier molecular flexibility index (Phi) is 9.42. The molecular weight excluding hydrogens is 301 g/mol. The summed E-state index contributed by atoms with van der Waals surface area (Å²) >= 11 is 2.20. The minimum Gasteiger partial charge on any atom is -0.544 e. The predicted molar refractivity (Wildman–Crippen MR) is 67.6 cm³/mol. The van der Waals surface area contributed by atoms with Crippen LogP contribution >= 0.6 is 23.5 Å². The molecule has 0 spiro atoms. The molecule has 1 heterocycles. The Morgan fingerprint density at radius 1 is 1.37 bits per heavy atom. The van der Waals surface area contributed by atoms with Gasteiger partial charge in [-0.2, -0.15) is 0 Å². The molecule has 1 amide bonds. The van der Waals surface area contributed by atoms with Gasteiger partial charge in [-0.15, -0.1) is 23.5 Å². The molecule has 0 fully saturated rings. The van der Waals surface area contributed by atoms with Gasteiger partial charge in [0.1, 0.15) is 0 Å². The SMILES string of the molecule is C[C@@H](O)[C@H](CO)NC(=O)C1=C(C(=O)[O-])SCCS1.[Na+]. The van der Waals surface area contributed by atoms with Crippen molar-refractivity contribution in [2.75, 3.05) is 18.1 Å². The summed E-state index contributed by atoms with van der Waals surface area (Å²) in [6.07, 6.45) is -0.924. The summed E-state index contributed by atoms with van der Waals surface area (Å²) in [5, 5.41) is 31.6. The van der Waals surface area contributed by atoms with Crippen LogP contribution in [-0.2, 0) is 9.59 Å². The van der Waals surface area contributed by atoms with Crippen molar-refractivity contribution >= 4 is 35.4 Å². The first-order chi connectivity index (χ1) is 8.47. The maximum absolute atomic E-state index is 11.9. The number of aliphatic carboxylic acids is 1. The molecule has 6 nitrogen and oxygen atoms in total. The molecule has 0 bridgehead atoms. The summed E-state index contributed by atoms with van der Waals surface area (Å²) in [6.45, 7) is 1.01. The van der Waals surface area contributed by atoms with Gasteiger partial charge in [0.15, 0.2) is 0 Å². The minimum absolute atomic E-state index is 0. The average molecular weight is 315 g/mol. The first kappa shape index (κ1) is 19.3. The quantitative estimate of drug-likeness (QED) is 0.437. The molecule has 0 aliphatic carbocycles. The van der Waals surface area contributed by atoms with Gasteiger partial charge in [0.25, 0.3) is 5.91 Å². The molecule has 1 aliphatic heterocycles. The number of hydrogen-bond acceptors (Lipinski definition) is 7. The molecule has 102 valence electrons. The smallest absolute Gasteiger partial charge is 0.544 e. The van der Waals surface area contributed by atoms with E-state index in [2.05, 4.69) is 5.32 Å². The van der Waals surface area contributed by atoms with E-state index in [4.69, 9.17) is 5.11 Å². The number of carboxylic acids is 1. The van der Waals surface area contributed by atoms with Crippen LogP contribution in [-0.4, -0.2) is 52.3 Å². The Bertz CT molecular complexity index is 375. The Morgan fingerprint density at radius 3 is 2.32 bits per heavy atom. The molecule has 19 heavy (non-hydrogen) atoms. The van der Waals surface area contributed by atoms with Gasteiger partial charge in [-0.1, -0.05) is 0 Å². The van der Waals surface area contributed by atoms with Crippen LogP contribution in [0.25, 0.3) is 0 Å². The number of rotatable bonds is 5. The van der Waals surface area contributed by atoms with Crippen molar-refractivity contribution in [1.82, 2.24) is 5.32 Å². The van der Waals surface area contributed by atoms with E-state index >= 15 is 0 Å².